The second-order valence-corrected chi connectivity index (χ2v) is 4.29. The molecule has 5 heteroatoms. The summed E-state index contributed by atoms with van der Waals surface area (Å²) in [5.41, 5.74) is 11.4. The second kappa shape index (κ2) is 4.51. The van der Waals surface area contributed by atoms with Crippen LogP contribution >= 0.6 is 15.9 Å². The molecule has 2 aromatic rings. The lowest BCUT2D eigenvalue weighted by Crippen LogP contribution is -1.91. The summed E-state index contributed by atoms with van der Waals surface area (Å²) in [5, 5.41) is 4.68. The molecule has 0 N–H and O–H groups in total. The van der Waals surface area contributed by atoms with E-state index in [9.17, 15) is 0 Å². The maximum atomic E-state index is 8.37. The molecular weight excluding hydrogens is 268 g/mol. The Balaban J connectivity index is 2.74. The highest BCUT2D eigenvalue weighted by Gasteiger charge is 2.07. The molecule has 1 heterocycles. The molecule has 1 aromatic carbocycles. The zero-order chi connectivity index (χ0) is 11.5. The van der Waals surface area contributed by atoms with Crippen molar-refractivity contribution < 1.29 is 0 Å². The number of benzene rings is 1. The summed E-state index contributed by atoms with van der Waals surface area (Å²) >= 11 is 3.45. The van der Waals surface area contributed by atoms with E-state index in [4.69, 9.17) is 5.53 Å². The first-order chi connectivity index (χ1) is 7.74. The molecule has 16 heavy (non-hydrogen) atoms. The molecule has 0 saturated heterocycles. The quantitative estimate of drug-likeness (QED) is 0.462. The molecule has 2 rings (SSSR count). The van der Waals surface area contributed by atoms with Gasteiger partial charge in [0, 0.05) is 21.0 Å². The summed E-state index contributed by atoms with van der Waals surface area (Å²) in [6, 6.07) is 5.94. The molecule has 0 radical (unpaired) electrons. The number of hydrogen-bond donors (Lipinski definition) is 0. The first kappa shape index (κ1) is 10.9. The molecule has 0 fully saturated rings. The lowest BCUT2D eigenvalue weighted by molar-refractivity contribution is 1.04. The zero-order valence-electron chi connectivity index (χ0n) is 8.68. The Morgan fingerprint density at radius 3 is 3.00 bits per heavy atom. The Bertz CT molecular complexity index is 588. The normalized spacial score (nSPS) is 10.1. The van der Waals surface area contributed by atoms with Gasteiger partial charge in [-0.1, -0.05) is 27.1 Å². The highest BCUT2D eigenvalue weighted by Crippen LogP contribution is 2.27. The number of azide groups is 1. The minimum atomic E-state index is 0.310. The number of rotatable bonds is 2. The smallest absolute Gasteiger partial charge is 0.0749 e. The average molecular weight is 277 g/mol. The van der Waals surface area contributed by atoms with Gasteiger partial charge in [0.05, 0.1) is 12.1 Å². The van der Waals surface area contributed by atoms with Gasteiger partial charge in [-0.15, -0.1) is 0 Å². The molecule has 0 atom stereocenters. The van der Waals surface area contributed by atoms with E-state index in [2.05, 4.69) is 30.9 Å². The Morgan fingerprint density at radius 1 is 1.44 bits per heavy atom. The van der Waals surface area contributed by atoms with Gasteiger partial charge in [-0.3, -0.25) is 4.98 Å². The number of aryl methyl sites for hydroxylation is 1. The molecule has 0 aliphatic carbocycles. The van der Waals surface area contributed by atoms with Crippen LogP contribution in [0.25, 0.3) is 21.3 Å². The first-order valence-electron chi connectivity index (χ1n) is 4.77. The van der Waals surface area contributed by atoms with Gasteiger partial charge in [0.1, 0.15) is 0 Å². The molecule has 0 aliphatic heterocycles. The predicted octanol–water partition coefficient (Wildman–Crippen LogP) is 4.12. The van der Waals surface area contributed by atoms with E-state index in [0.717, 1.165) is 20.9 Å². The van der Waals surface area contributed by atoms with E-state index in [-0.39, 0.29) is 0 Å². The van der Waals surface area contributed by atoms with E-state index >= 15 is 0 Å². The van der Waals surface area contributed by atoms with E-state index in [0.29, 0.717) is 6.54 Å². The number of halogens is 1. The summed E-state index contributed by atoms with van der Waals surface area (Å²) in [7, 11) is 0. The van der Waals surface area contributed by atoms with Gasteiger partial charge in [0.25, 0.3) is 0 Å². The maximum Gasteiger partial charge on any atom is 0.0749 e. The predicted molar refractivity (Wildman–Crippen MR) is 67.0 cm³/mol. The molecule has 0 spiro atoms. The van der Waals surface area contributed by atoms with Gasteiger partial charge in [-0.05, 0) is 35.7 Å². The van der Waals surface area contributed by atoms with Gasteiger partial charge in [0.2, 0.25) is 0 Å². The molecule has 0 saturated carbocycles. The molecule has 0 aliphatic rings. The van der Waals surface area contributed by atoms with Crippen molar-refractivity contribution >= 4 is 26.8 Å². The van der Waals surface area contributed by atoms with E-state index in [1.807, 2.05) is 25.1 Å². The lowest BCUT2D eigenvalue weighted by Gasteiger charge is -2.07. The van der Waals surface area contributed by atoms with Crippen LogP contribution in [-0.2, 0) is 6.54 Å². The molecule has 80 valence electrons. The maximum absolute atomic E-state index is 8.37. The third kappa shape index (κ3) is 1.87. The number of fused-ring (bicyclic) bond motifs is 1. The fourth-order valence-electron chi connectivity index (χ4n) is 1.64. The Kier molecular flexibility index (Phi) is 3.08. The van der Waals surface area contributed by atoms with Crippen molar-refractivity contribution in [1.82, 2.24) is 4.98 Å². The SMILES string of the molecule is Cc1ccnc2c(CN=[N+]=[N-])c(Br)ccc12. The van der Waals surface area contributed by atoms with Crippen LogP contribution in [-0.4, -0.2) is 4.98 Å². The molecule has 0 bridgehead atoms. The summed E-state index contributed by atoms with van der Waals surface area (Å²) in [6.45, 7) is 2.35. The fourth-order valence-corrected chi connectivity index (χ4v) is 2.09. The van der Waals surface area contributed by atoms with E-state index in [1.165, 1.54) is 5.56 Å². The second-order valence-electron chi connectivity index (χ2n) is 3.44. The van der Waals surface area contributed by atoms with Crippen molar-refractivity contribution in [2.45, 2.75) is 13.5 Å². The van der Waals surface area contributed by atoms with Crippen LogP contribution < -0.4 is 0 Å². The first-order valence-corrected chi connectivity index (χ1v) is 5.57. The minimum Gasteiger partial charge on any atom is -0.256 e. The van der Waals surface area contributed by atoms with Crippen molar-refractivity contribution in [2.24, 2.45) is 5.11 Å². The zero-order valence-corrected chi connectivity index (χ0v) is 10.3. The molecule has 1 aromatic heterocycles. The van der Waals surface area contributed by atoms with Crippen LogP contribution in [0.1, 0.15) is 11.1 Å². The monoisotopic (exact) mass is 276 g/mol. The Hall–Kier alpha value is -1.58. The summed E-state index contributed by atoms with van der Waals surface area (Å²) in [5.74, 6) is 0. The number of hydrogen-bond acceptors (Lipinski definition) is 2. The van der Waals surface area contributed by atoms with Crippen molar-refractivity contribution in [3.05, 3.63) is 50.4 Å². The van der Waals surface area contributed by atoms with Crippen LogP contribution in [0.3, 0.4) is 0 Å². The molecule has 4 nitrogen and oxygen atoms in total. The van der Waals surface area contributed by atoms with Gasteiger partial charge in [-0.25, -0.2) is 0 Å². The summed E-state index contributed by atoms with van der Waals surface area (Å²) in [4.78, 5) is 7.12. The number of nitrogens with zero attached hydrogens (tertiary/aromatic N) is 4. The molecule has 0 amide bonds. The van der Waals surface area contributed by atoms with Crippen molar-refractivity contribution in [1.29, 1.82) is 0 Å². The van der Waals surface area contributed by atoms with E-state index in [1.54, 1.807) is 6.20 Å². The summed E-state index contributed by atoms with van der Waals surface area (Å²) < 4.78 is 0.922. The summed E-state index contributed by atoms with van der Waals surface area (Å²) in [6.07, 6.45) is 1.77. The van der Waals surface area contributed by atoms with Crippen LogP contribution in [0.15, 0.2) is 34.0 Å². The van der Waals surface area contributed by atoms with Gasteiger partial charge < -0.3 is 0 Å². The number of aromatic nitrogens is 1. The topological polar surface area (TPSA) is 61.7 Å². The standard InChI is InChI=1S/C11H9BrN4/c1-7-4-5-14-11-8(7)2-3-10(12)9(11)6-15-16-13/h2-5H,6H2,1H3. The Labute approximate surface area is 101 Å². The number of pyridine rings is 1. The van der Waals surface area contributed by atoms with Crippen molar-refractivity contribution in [3.63, 3.8) is 0 Å². The fraction of sp³-hybridized carbons (Fsp3) is 0.182. The van der Waals surface area contributed by atoms with Crippen LogP contribution in [0.4, 0.5) is 0 Å². The van der Waals surface area contributed by atoms with Crippen molar-refractivity contribution in [2.75, 3.05) is 0 Å². The highest BCUT2D eigenvalue weighted by molar-refractivity contribution is 9.10. The Morgan fingerprint density at radius 2 is 2.25 bits per heavy atom. The van der Waals surface area contributed by atoms with Crippen LogP contribution in [0, 0.1) is 6.92 Å². The minimum absolute atomic E-state index is 0.310. The lowest BCUT2D eigenvalue weighted by atomic mass is 10.1. The third-order valence-electron chi connectivity index (χ3n) is 2.47. The van der Waals surface area contributed by atoms with Gasteiger partial charge in [0.15, 0.2) is 0 Å². The molecule has 0 unspecified atom stereocenters. The third-order valence-corrected chi connectivity index (χ3v) is 3.21. The van der Waals surface area contributed by atoms with Gasteiger partial charge >= 0.3 is 0 Å². The highest BCUT2D eigenvalue weighted by atomic mass is 79.9. The van der Waals surface area contributed by atoms with E-state index < -0.39 is 0 Å². The van der Waals surface area contributed by atoms with Crippen LogP contribution in [0.5, 0.6) is 0 Å². The largest absolute Gasteiger partial charge is 0.256 e. The van der Waals surface area contributed by atoms with Crippen LogP contribution in [0.2, 0.25) is 0 Å². The van der Waals surface area contributed by atoms with Gasteiger partial charge in [-0.2, -0.15) is 0 Å². The molecular formula is C11H9BrN4. The van der Waals surface area contributed by atoms with Crippen molar-refractivity contribution in [3.8, 4) is 0 Å². The average Bonchev–Trinajstić information content (AvgIpc) is 2.28.